The van der Waals surface area contributed by atoms with Crippen LogP contribution in [0.2, 0.25) is 0 Å². The lowest BCUT2D eigenvalue weighted by molar-refractivity contribution is 0.536. The molecule has 1 fully saturated rings. The van der Waals surface area contributed by atoms with Crippen LogP contribution in [0.15, 0.2) is 36.7 Å². The summed E-state index contributed by atoms with van der Waals surface area (Å²) in [7, 11) is 0. The van der Waals surface area contributed by atoms with E-state index in [1.54, 1.807) is 0 Å². The lowest BCUT2D eigenvalue weighted by Crippen LogP contribution is -2.09. The molecule has 3 nitrogen and oxygen atoms in total. The number of imidazole rings is 1. The molecule has 2 unspecified atom stereocenters. The second-order valence-electron chi connectivity index (χ2n) is 5.05. The van der Waals surface area contributed by atoms with Crippen LogP contribution >= 0.6 is 0 Å². The molecule has 2 aromatic rings. The van der Waals surface area contributed by atoms with Crippen molar-refractivity contribution in [3.63, 3.8) is 0 Å². The van der Waals surface area contributed by atoms with Crippen LogP contribution in [0.1, 0.15) is 12.1 Å². The molecule has 1 aliphatic carbocycles. The van der Waals surface area contributed by atoms with E-state index in [4.69, 9.17) is 0 Å². The Labute approximate surface area is 100 Å². The van der Waals surface area contributed by atoms with E-state index in [0.29, 0.717) is 0 Å². The summed E-state index contributed by atoms with van der Waals surface area (Å²) in [5.41, 5.74) is 3.79. The molecular weight excluding hydrogens is 210 g/mol. The maximum atomic E-state index is 4.46. The molecule has 17 heavy (non-hydrogen) atoms. The van der Waals surface area contributed by atoms with E-state index in [2.05, 4.69) is 39.1 Å². The normalized spacial score (nSPS) is 27.4. The van der Waals surface area contributed by atoms with E-state index in [1.165, 1.54) is 24.2 Å². The van der Waals surface area contributed by atoms with Gasteiger partial charge in [-0.2, -0.15) is 0 Å². The largest absolute Gasteiger partial charge is 0.316 e. The van der Waals surface area contributed by atoms with Gasteiger partial charge in [-0.1, -0.05) is 12.1 Å². The Kier molecular flexibility index (Phi) is 1.91. The Bertz CT molecular complexity index is 596. The van der Waals surface area contributed by atoms with Crippen molar-refractivity contribution in [3.05, 3.63) is 42.4 Å². The summed E-state index contributed by atoms with van der Waals surface area (Å²) >= 11 is 0. The highest BCUT2D eigenvalue weighted by Crippen LogP contribution is 2.38. The van der Waals surface area contributed by atoms with Gasteiger partial charge in [-0.15, -0.1) is 0 Å². The predicted molar refractivity (Wildman–Crippen MR) is 67.6 cm³/mol. The van der Waals surface area contributed by atoms with Gasteiger partial charge in [-0.05, 0) is 42.5 Å². The summed E-state index contributed by atoms with van der Waals surface area (Å²) < 4.78 is 2.19. The number of pyridine rings is 1. The Morgan fingerprint density at radius 2 is 2.29 bits per heavy atom. The Hall–Kier alpha value is -1.61. The van der Waals surface area contributed by atoms with Gasteiger partial charge in [-0.3, -0.25) is 0 Å². The minimum Gasteiger partial charge on any atom is -0.316 e. The summed E-state index contributed by atoms with van der Waals surface area (Å²) in [5.74, 6) is 1.54. The Balaban J connectivity index is 1.80. The molecule has 86 valence electrons. The average molecular weight is 225 g/mol. The minimum atomic E-state index is 0.735. The molecule has 2 aromatic heterocycles. The molecule has 0 saturated carbocycles. The molecule has 0 amide bonds. The molecule has 3 heterocycles. The molecule has 0 radical (unpaired) electrons. The fourth-order valence-electron chi connectivity index (χ4n) is 3.14. The van der Waals surface area contributed by atoms with E-state index in [9.17, 15) is 0 Å². The number of nitrogens with one attached hydrogen (secondary N) is 1. The van der Waals surface area contributed by atoms with E-state index in [1.807, 2.05) is 12.3 Å². The summed E-state index contributed by atoms with van der Waals surface area (Å²) in [6.07, 6.45) is 7.75. The van der Waals surface area contributed by atoms with Crippen molar-refractivity contribution in [2.45, 2.75) is 6.42 Å². The summed E-state index contributed by atoms with van der Waals surface area (Å²) in [6.45, 7) is 2.31. The van der Waals surface area contributed by atoms with E-state index in [-0.39, 0.29) is 0 Å². The number of hydrogen-bond donors (Lipinski definition) is 1. The number of hydrogen-bond acceptors (Lipinski definition) is 2. The van der Waals surface area contributed by atoms with Crippen LogP contribution in [0, 0.1) is 11.8 Å². The van der Waals surface area contributed by atoms with Gasteiger partial charge in [0.1, 0.15) is 5.65 Å². The second kappa shape index (κ2) is 3.44. The number of rotatable bonds is 1. The van der Waals surface area contributed by atoms with Crippen molar-refractivity contribution in [3.8, 4) is 0 Å². The second-order valence-corrected chi connectivity index (χ2v) is 5.05. The third-order valence-electron chi connectivity index (χ3n) is 4.04. The zero-order chi connectivity index (χ0) is 11.2. The van der Waals surface area contributed by atoms with Crippen LogP contribution in [0.3, 0.4) is 0 Å². The molecule has 0 spiro atoms. The third kappa shape index (κ3) is 1.35. The Morgan fingerprint density at radius 3 is 3.24 bits per heavy atom. The first-order valence-electron chi connectivity index (χ1n) is 6.26. The Morgan fingerprint density at radius 1 is 1.29 bits per heavy atom. The standard InChI is InChI=1S/C14H15N3/c1-2-4-17-13(9-16-14(17)3-1)10-5-11-7-15-8-12(11)6-10/h1-5,9,11-12,15H,6-8H2. The highest BCUT2D eigenvalue weighted by atomic mass is 15.0. The van der Waals surface area contributed by atoms with Crippen LogP contribution in [0.4, 0.5) is 0 Å². The maximum absolute atomic E-state index is 4.46. The number of allylic oxidation sites excluding steroid dienone is 1. The first-order valence-corrected chi connectivity index (χ1v) is 6.26. The van der Waals surface area contributed by atoms with Crippen LogP contribution in [0.5, 0.6) is 0 Å². The fourth-order valence-corrected chi connectivity index (χ4v) is 3.14. The maximum Gasteiger partial charge on any atom is 0.137 e. The van der Waals surface area contributed by atoms with Crippen molar-refractivity contribution in [1.29, 1.82) is 0 Å². The van der Waals surface area contributed by atoms with Crippen molar-refractivity contribution >= 4 is 11.2 Å². The smallest absolute Gasteiger partial charge is 0.137 e. The number of aromatic nitrogens is 2. The van der Waals surface area contributed by atoms with Crippen LogP contribution in [0.25, 0.3) is 11.2 Å². The predicted octanol–water partition coefficient (Wildman–Crippen LogP) is 1.96. The van der Waals surface area contributed by atoms with Gasteiger partial charge in [-0.25, -0.2) is 4.98 Å². The molecule has 1 aliphatic heterocycles. The van der Waals surface area contributed by atoms with E-state index < -0.39 is 0 Å². The van der Waals surface area contributed by atoms with E-state index in [0.717, 1.165) is 24.0 Å². The topological polar surface area (TPSA) is 29.3 Å². The zero-order valence-electron chi connectivity index (χ0n) is 9.63. The summed E-state index contributed by atoms with van der Waals surface area (Å²) in [6, 6.07) is 6.16. The number of nitrogens with zero attached hydrogens (tertiary/aromatic N) is 2. The van der Waals surface area contributed by atoms with Gasteiger partial charge in [0.05, 0.1) is 11.9 Å². The first kappa shape index (κ1) is 9.42. The van der Waals surface area contributed by atoms with E-state index >= 15 is 0 Å². The van der Waals surface area contributed by atoms with Crippen LogP contribution in [-0.2, 0) is 0 Å². The molecule has 1 saturated heterocycles. The molecule has 4 rings (SSSR count). The third-order valence-corrected chi connectivity index (χ3v) is 4.04. The monoisotopic (exact) mass is 225 g/mol. The van der Waals surface area contributed by atoms with Crippen LogP contribution in [-0.4, -0.2) is 22.5 Å². The number of fused-ring (bicyclic) bond motifs is 2. The highest BCUT2D eigenvalue weighted by molar-refractivity contribution is 5.68. The molecule has 3 heteroatoms. The van der Waals surface area contributed by atoms with Gasteiger partial charge < -0.3 is 9.72 Å². The van der Waals surface area contributed by atoms with Gasteiger partial charge in [0.15, 0.2) is 0 Å². The molecule has 0 aromatic carbocycles. The molecule has 1 N–H and O–H groups in total. The lowest BCUT2D eigenvalue weighted by atomic mass is 9.99. The summed E-state index contributed by atoms with van der Waals surface area (Å²) in [5, 5.41) is 3.46. The van der Waals surface area contributed by atoms with Gasteiger partial charge in [0.25, 0.3) is 0 Å². The minimum absolute atomic E-state index is 0.735. The zero-order valence-corrected chi connectivity index (χ0v) is 9.63. The van der Waals surface area contributed by atoms with Crippen molar-refractivity contribution in [1.82, 2.24) is 14.7 Å². The highest BCUT2D eigenvalue weighted by Gasteiger charge is 2.32. The summed E-state index contributed by atoms with van der Waals surface area (Å²) in [4.78, 5) is 4.46. The van der Waals surface area contributed by atoms with Crippen molar-refractivity contribution in [2.24, 2.45) is 11.8 Å². The quantitative estimate of drug-likeness (QED) is 0.804. The fraction of sp³-hybridized carbons (Fsp3) is 0.357. The van der Waals surface area contributed by atoms with Gasteiger partial charge >= 0.3 is 0 Å². The van der Waals surface area contributed by atoms with Crippen molar-refractivity contribution < 1.29 is 0 Å². The molecule has 2 atom stereocenters. The van der Waals surface area contributed by atoms with Crippen LogP contribution < -0.4 is 5.32 Å². The van der Waals surface area contributed by atoms with Crippen molar-refractivity contribution in [2.75, 3.05) is 13.1 Å². The lowest BCUT2D eigenvalue weighted by Gasteiger charge is -2.06. The molecular formula is C14H15N3. The first-order chi connectivity index (χ1) is 8.42. The van der Waals surface area contributed by atoms with Gasteiger partial charge in [0, 0.05) is 12.7 Å². The SMILES string of the molecule is C1=C(c2cnc3ccccn23)CC2CNCC12. The van der Waals surface area contributed by atoms with Gasteiger partial charge in [0.2, 0.25) is 0 Å². The molecule has 0 bridgehead atoms. The molecule has 2 aliphatic rings. The average Bonchev–Trinajstić information content (AvgIpc) is 3.01.